The number of hydrogen-bond donors (Lipinski definition) is 2. The fourth-order valence-electron chi connectivity index (χ4n) is 2.14. The molecule has 0 aliphatic rings. The van der Waals surface area contributed by atoms with Gasteiger partial charge < -0.3 is 15.8 Å². The molecular formula is C17H23N3O. The molecule has 1 heterocycles. The third-order valence-electron chi connectivity index (χ3n) is 3.35. The van der Waals surface area contributed by atoms with Crippen LogP contribution in [0.25, 0.3) is 0 Å². The molecule has 0 saturated carbocycles. The number of rotatable bonds is 6. The topological polar surface area (TPSA) is 60.2 Å². The number of hydrogen-bond acceptors (Lipinski definition) is 4. The Morgan fingerprint density at radius 1 is 1.19 bits per heavy atom. The van der Waals surface area contributed by atoms with Crippen LogP contribution < -0.4 is 15.8 Å². The van der Waals surface area contributed by atoms with Gasteiger partial charge in [0.05, 0.1) is 11.6 Å². The maximum Gasteiger partial charge on any atom is 0.169 e. The van der Waals surface area contributed by atoms with Gasteiger partial charge in [0.25, 0.3) is 0 Å². The first-order chi connectivity index (χ1) is 10.0. The van der Waals surface area contributed by atoms with Gasteiger partial charge in [0.15, 0.2) is 11.6 Å². The predicted octanol–water partition coefficient (Wildman–Crippen LogP) is 3.15. The third-order valence-corrected chi connectivity index (χ3v) is 3.35. The zero-order chi connectivity index (χ0) is 15.3. The highest BCUT2D eigenvalue weighted by Crippen LogP contribution is 2.29. The molecule has 0 aliphatic heterocycles. The zero-order valence-corrected chi connectivity index (χ0v) is 12.8. The van der Waals surface area contributed by atoms with Crippen molar-refractivity contribution in [3.8, 4) is 5.75 Å². The molecule has 21 heavy (non-hydrogen) atoms. The minimum absolute atomic E-state index is 0.0932. The molecule has 0 radical (unpaired) electrons. The fourth-order valence-corrected chi connectivity index (χ4v) is 2.14. The normalized spacial score (nSPS) is 13.8. The first-order valence-electron chi connectivity index (χ1n) is 7.20. The molecule has 0 fully saturated rings. The highest BCUT2D eigenvalue weighted by atomic mass is 16.5. The lowest BCUT2D eigenvalue weighted by Crippen LogP contribution is -2.40. The monoisotopic (exact) mass is 285 g/mol. The first-order valence-corrected chi connectivity index (χ1v) is 7.20. The average molecular weight is 285 g/mol. The van der Waals surface area contributed by atoms with Crippen LogP contribution in [0.1, 0.15) is 26.3 Å². The van der Waals surface area contributed by atoms with Crippen LogP contribution in [0.2, 0.25) is 0 Å². The van der Waals surface area contributed by atoms with E-state index in [9.17, 15) is 0 Å². The van der Waals surface area contributed by atoms with Gasteiger partial charge in [0, 0.05) is 12.7 Å². The molecule has 4 nitrogen and oxygen atoms in total. The van der Waals surface area contributed by atoms with Crippen LogP contribution >= 0.6 is 0 Å². The van der Waals surface area contributed by atoms with Gasteiger partial charge in [-0.2, -0.15) is 0 Å². The summed E-state index contributed by atoms with van der Waals surface area (Å²) in [5.41, 5.74) is 6.73. The number of nitrogens with one attached hydrogen (secondary N) is 1. The summed E-state index contributed by atoms with van der Waals surface area (Å²) in [5.74, 6) is 1.45. The van der Waals surface area contributed by atoms with Crippen molar-refractivity contribution in [3.05, 3.63) is 54.2 Å². The molecule has 3 N–H and O–H groups in total. The smallest absolute Gasteiger partial charge is 0.169 e. The molecule has 0 spiro atoms. The van der Waals surface area contributed by atoms with Crippen LogP contribution in [0.3, 0.4) is 0 Å². The molecule has 0 aliphatic carbocycles. The van der Waals surface area contributed by atoms with E-state index in [1.165, 1.54) is 0 Å². The summed E-state index contributed by atoms with van der Waals surface area (Å²) >= 11 is 0. The molecule has 2 aromatic rings. The number of anilines is 1. The molecule has 2 rings (SSSR count). The maximum atomic E-state index is 6.01. The van der Waals surface area contributed by atoms with E-state index in [0.29, 0.717) is 12.4 Å². The van der Waals surface area contributed by atoms with Gasteiger partial charge in [0.1, 0.15) is 0 Å². The quantitative estimate of drug-likeness (QED) is 0.856. The summed E-state index contributed by atoms with van der Waals surface area (Å²) in [6.07, 6.45) is 1.84. The number of pyridine rings is 1. The Kier molecular flexibility index (Phi) is 4.81. The second kappa shape index (κ2) is 6.59. The van der Waals surface area contributed by atoms with Crippen molar-refractivity contribution in [2.24, 2.45) is 5.73 Å². The van der Waals surface area contributed by atoms with E-state index >= 15 is 0 Å². The Morgan fingerprint density at radius 2 is 1.90 bits per heavy atom. The number of ether oxygens (including phenoxy) is 1. The van der Waals surface area contributed by atoms with Gasteiger partial charge in [-0.05, 0) is 38.5 Å². The van der Waals surface area contributed by atoms with Gasteiger partial charge in [0.2, 0.25) is 0 Å². The molecule has 4 heteroatoms. The van der Waals surface area contributed by atoms with Crippen LogP contribution in [0.4, 0.5) is 5.82 Å². The van der Waals surface area contributed by atoms with Gasteiger partial charge >= 0.3 is 0 Å². The van der Waals surface area contributed by atoms with Crippen molar-refractivity contribution in [2.75, 3.05) is 11.9 Å². The highest BCUT2D eigenvalue weighted by Gasteiger charge is 2.26. The first kappa shape index (κ1) is 15.3. The van der Waals surface area contributed by atoms with E-state index in [0.717, 1.165) is 11.3 Å². The van der Waals surface area contributed by atoms with Crippen LogP contribution in [0.15, 0.2) is 48.7 Å². The standard InChI is InChI=1S/C17H23N3O/c1-13(2)21-15-10-7-11-19-16(15)20-17(3,12-18)14-8-5-4-6-9-14/h4-11,13H,12,18H2,1-3H3,(H,19,20). The number of aromatic nitrogens is 1. The predicted molar refractivity (Wildman–Crippen MR) is 86.5 cm³/mol. The number of nitrogens with two attached hydrogens (primary N) is 1. The van der Waals surface area contributed by atoms with Crippen LogP contribution in [0, 0.1) is 0 Å². The van der Waals surface area contributed by atoms with Crippen molar-refractivity contribution in [3.63, 3.8) is 0 Å². The molecule has 0 saturated heterocycles. The lowest BCUT2D eigenvalue weighted by Gasteiger charge is -2.31. The average Bonchev–Trinajstić information content (AvgIpc) is 2.49. The summed E-state index contributed by atoms with van der Waals surface area (Å²) in [6, 6.07) is 13.9. The van der Waals surface area contributed by atoms with Gasteiger partial charge in [-0.1, -0.05) is 30.3 Å². The Hall–Kier alpha value is -2.07. The maximum absolute atomic E-state index is 6.01. The minimum Gasteiger partial charge on any atom is -0.487 e. The third kappa shape index (κ3) is 3.73. The highest BCUT2D eigenvalue weighted by molar-refractivity contribution is 5.53. The largest absolute Gasteiger partial charge is 0.487 e. The fraction of sp³-hybridized carbons (Fsp3) is 0.353. The summed E-state index contributed by atoms with van der Waals surface area (Å²) in [6.45, 7) is 6.51. The molecule has 0 bridgehead atoms. The van der Waals surface area contributed by atoms with E-state index in [2.05, 4.69) is 29.4 Å². The second-order valence-corrected chi connectivity index (χ2v) is 5.54. The lowest BCUT2D eigenvalue weighted by atomic mass is 9.92. The van der Waals surface area contributed by atoms with E-state index < -0.39 is 5.54 Å². The van der Waals surface area contributed by atoms with E-state index in [-0.39, 0.29) is 6.10 Å². The lowest BCUT2D eigenvalue weighted by molar-refractivity contribution is 0.242. The SMILES string of the molecule is CC(C)Oc1cccnc1NC(C)(CN)c1ccccc1. The van der Waals surface area contributed by atoms with Crippen LogP contribution in [0.5, 0.6) is 5.75 Å². The molecule has 0 amide bonds. The van der Waals surface area contributed by atoms with Gasteiger partial charge in [-0.25, -0.2) is 4.98 Å². The Labute approximate surface area is 126 Å². The minimum atomic E-state index is -0.398. The van der Waals surface area contributed by atoms with Crippen molar-refractivity contribution in [1.82, 2.24) is 4.98 Å². The summed E-state index contributed by atoms with van der Waals surface area (Å²) < 4.78 is 5.81. The van der Waals surface area contributed by atoms with Gasteiger partial charge in [-0.3, -0.25) is 0 Å². The molecular weight excluding hydrogens is 262 g/mol. The molecule has 1 aromatic carbocycles. The summed E-state index contributed by atoms with van der Waals surface area (Å²) in [7, 11) is 0. The number of nitrogens with zero attached hydrogens (tertiary/aromatic N) is 1. The van der Waals surface area contributed by atoms with E-state index in [4.69, 9.17) is 10.5 Å². The molecule has 1 atom stereocenters. The van der Waals surface area contributed by atoms with E-state index in [1.54, 1.807) is 6.20 Å². The van der Waals surface area contributed by atoms with Crippen molar-refractivity contribution in [2.45, 2.75) is 32.4 Å². The second-order valence-electron chi connectivity index (χ2n) is 5.54. The van der Waals surface area contributed by atoms with Gasteiger partial charge in [-0.15, -0.1) is 0 Å². The molecule has 1 unspecified atom stereocenters. The Balaban J connectivity index is 2.31. The summed E-state index contributed by atoms with van der Waals surface area (Å²) in [5, 5.41) is 3.43. The molecule has 112 valence electrons. The Morgan fingerprint density at radius 3 is 2.52 bits per heavy atom. The van der Waals surface area contributed by atoms with Crippen molar-refractivity contribution in [1.29, 1.82) is 0 Å². The molecule has 1 aromatic heterocycles. The van der Waals surface area contributed by atoms with Crippen LogP contribution in [-0.2, 0) is 5.54 Å². The van der Waals surface area contributed by atoms with E-state index in [1.807, 2.05) is 44.2 Å². The summed E-state index contributed by atoms with van der Waals surface area (Å²) in [4.78, 5) is 4.40. The van der Waals surface area contributed by atoms with Crippen LogP contribution in [-0.4, -0.2) is 17.6 Å². The number of benzene rings is 1. The zero-order valence-electron chi connectivity index (χ0n) is 12.8. The Bertz CT molecular complexity index is 571. The van der Waals surface area contributed by atoms with Crippen molar-refractivity contribution < 1.29 is 4.74 Å². The van der Waals surface area contributed by atoms with Crippen molar-refractivity contribution >= 4 is 5.82 Å².